The van der Waals surface area contributed by atoms with E-state index < -0.39 is 23.6 Å². The zero-order valence-corrected chi connectivity index (χ0v) is 21.5. The van der Waals surface area contributed by atoms with Gasteiger partial charge >= 0.3 is 0 Å². The summed E-state index contributed by atoms with van der Waals surface area (Å²) in [6.45, 7) is 7.20. The summed E-state index contributed by atoms with van der Waals surface area (Å²) in [5.41, 5.74) is -0.546. The van der Waals surface area contributed by atoms with Crippen molar-refractivity contribution < 1.29 is 19.0 Å². The van der Waals surface area contributed by atoms with E-state index in [1.54, 1.807) is 0 Å². The summed E-state index contributed by atoms with van der Waals surface area (Å²) in [5.74, 6) is -1.13. The summed E-state index contributed by atoms with van der Waals surface area (Å²) < 4.78 is 30.9. The van der Waals surface area contributed by atoms with Crippen molar-refractivity contribution in [2.45, 2.75) is 12.3 Å². The molecule has 1 atom stereocenters. The number of hydrogen-bond acceptors (Lipinski definition) is 8. The molecule has 2 N–H and O–H groups in total. The second-order valence-corrected chi connectivity index (χ2v) is 10.0. The highest BCUT2D eigenvalue weighted by Gasteiger charge is 2.33. The average molecular weight is 531 g/mol. The average Bonchev–Trinajstić information content (AvgIpc) is 2.84. The van der Waals surface area contributed by atoms with Gasteiger partial charge in [0.1, 0.15) is 29.1 Å². The molecule has 0 aliphatic carbocycles. The van der Waals surface area contributed by atoms with Crippen molar-refractivity contribution in [2.75, 3.05) is 63.2 Å². The Hall–Kier alpha value is -3.05. The van der Waals surface area contributed by atoms with Gasteiger partial charge in [0.2, 0.25) is 5.95 Å². The molecule has 2 aromatic carbocycles. The van der Waals surface area contributed by atoms with Crippen molar-refractivity contribution in [3.8, 4) is 16.9 Å². The first-order chi connectivity index (χ1) is 17.7. The molecule has 0 saturated carbocycles. The first-order valence-corrected chi connectivity index (χ1v) is 12.5. The lowest BCUT2D eigenvalue weighted by Crippen LogP contribution is -2.58. The van der Waals surface area contributed by atoms with Crippen LogP contribution in [0.5, 0.6) is 5.75 Å². The number of fused-ring (bicyclic) bond motifs is 1. The van der Waals surface area contributed by atoms with Crippen LogP contribution in [0.4, 0.5) is 20.5 Å². The molecule has 0 amide bonds. The normalized spacial score (nSPS) is 17.9. The summed E-state index contributed by atoms with van der Waals surface area (Å²) in [7, 11) is 4.00. The molecule has 8 nitrogen and oxygen atoms in total. The van der Waals surface area contributed by atoms with Crippen LogP contribution >= 0.6 is 11.6 Å². The number of aliphatic hydroxyl groups is 1. The first-order valence-electron chi connectivity index (χ1n) is 12.1. The van der Waals surface area contributed by atoms with Gasteiger partial charge in [-0.2, -0.15) is 4.98 Å². The largest absolute Gasteiger partial charge is 0.507 e. The molecule has 0 spiro atoms. The Labute approximate surface area is 219 Å². The van der Waals surface area contributed by atoms with Gasteiger partial charge in [-0.3, -0.25) is 4.90 Å². The summed E-state index contributed by atoms with van der Waals surface area (Å²) in [4.78, 5) is 17.4. The van der Waals surface area contributed by atoms with Gasteiger partial charge < -0.3 is 24.9 Å². The van der Waals surface area contributed by atoms with E-state index in [-0.39, 0.29) is 21.7 Å². The SMILES string of the molecule is C=CC(O)N1CCN(c2nc(N3CC(N(C)C)C3)nc3c(F)c(-c4c(O)cccc4F)c(Cl)cc23)CC1. The molecule has 3 aromatic rings. The minimum atomic E-state index is -0.821. The van der Waals surface area contributed by atoms with Crippen molar-refractivity contribution in [2.24, 2.45) is 0 Å². The van der Waals surface area contributed by atoms with E-state index in [4.69, 9.17) is 16.6 Å². The maximum Gasteiger partial charge on any atom is 0.228 e. The maximum absolute atomic E-state index is 16.2. The highest BCUT2D eigenvalue weighted by Crippen LogP contribution is 2.43. The second-order valence-electron chi connectivity index (χ2n) is 9.62. The topological polar surface area (TPSA) is 79.2 Å². The van der Waals surface area contributed by atoms with Crippen LogP contribution in [0.2, 0.25) is 5.02 Å². The fourth-order valence-electron chi connectivity index (χ4n) is 4.83. The molecule has 1 aromatic heterocycles. The van der Waals surface area contributed by atoms with E-state index >= 15 is 4.39 Å². The van der Waals surface area contributed by atoms with Crippen molar-refractivity contribution in [3.63, 3.8) is 0 Å². The van der Waals surface area contributed by atoms with Crippen LogP contribution in [-0.2, 0) is 0 Å². The van der Waals surface area contributed by atoms with Crippen molar-refractivity contribution >= 4 is 34.3 Å². The number of likely N-dealkylation sites (N-methyl/N-ethyl adjacent to an activating group) is 1. The van der Waals surface area contributed by atoms with Gasteiger partial charge in [0.25, 0.3) is 0 Å². The molecule has 1 unspecified atom stereocenters. The third kappa shape index (κ3) is 4.59. The Morgan fingerprint density at radius 2 is 1.81 bits per heavy atom. The number of anilines is 2. The van der Waals surface area contributed by atoms with Crippen molar-refractivity contribution in [1.29, 1.82) is 0 Å². The van der Waals surface area contributed by atoms with Crippen LogP contribution in [0.25, 0.3) is 22.0 Å². The number of hydrogen-bond donors (Lipinski definition) is 2. The van der Waals surface area contributed by atoms with Gasteiger partial charge in [0.05, 0.1) is 10.6 Å². The Morgan fingerprint density at radius 1 is 1.11 bits per heavy atom. The zero-order valence-electron chi connectivity index (χ0n) is 20.7. The number of nitrogens with zero attached hydrogens (tertiary/aromatic N) is 6. The number of piperazine rings is 1. The van der Waals surface area contributed by atoms with E-state index in [1.165, 1.54) is 24.3 Å². The third-order valence-corrected chi connectivity index (χ3v) is 7.46. The standard InChI is InChI=1S/C26H29ClF2N6O2/c1-4-20(37)33-8-10-34(11-9-33)25-16-12-17(27)21(22-18(28)6-5-7-19(22)36)23(29)24(16)30-26(31-25)35-13-15(14-35)32(2)3/h4-7,12,15,20,36-37H,1,8-11,13-14H2,2-3H3. The van der Waals surface area contributed by atoms with Crippen LogP contribution < -0.4 is 9.80 Å². The maximum atomic E-state index is 16.2. The number of phenolic OH excluding ortho intramolecular Hbond substituents is 1. The van der Waals surface area contributed by atoms with Gasteiger partial charge in [-0.05, 0) is 38.4 Å². The summed E-state index contributed by atoms with van der Waals surface area (Å²) in [6, 6.07) is 5.63. The fraction of sp³-hybridized carbons (Fsp3) is 0.385. The molecule has 2 fully saturated rings. The second kappa shape index (κ2) is 10.0. The van der Waals surface area contributed by atoms with Crippen LogP contribution in [0.3, 0.4) is 0 Å². The zero-order chi connectivity index (χ0) is 26.4. The third-order valence-electron chi connectivity index (χ3n) is 7.17. The van der Waals surface area contributed by atoms with Gasteiger partial charge in [0.15, 0.2) is 5.82 Å². The van der Waals surface area contributed by atoms with Crippen molar-refractivity contribution in [3.05, 3.63) is 53.6 Å². The Balaban J connectivity index is 1.63. The summed E-state index contributed by atoms with van der Waals surface area (Å²) in [6.07, 6.45) is 0.736. The number of aliphatic hydroxyl groups excluding tert-OH is 1. The van der Waals surface area contributed by atoms with Crippen LogP contribution in [0, 0.1) is 11.6 Å². The lowest BCUT2D eigenvalue weighted by Gasteiger charge is -2.43. The van der Waals surface area contributed by atoms with Gasteiger partial charge in [0, 0.05) is 56.3 Å². The summed E-state index contributed by atoms with van der Waals surface area (Å²) in [5, 5.41) is 20.8. The van der Waals surface area contributed by atoms with E-state index in [0.717, 1.165) is 6.07 Å². The quantitative estimate of drug-likeness (QED) is 0.470. The molecule has 2 aliphatic rings. The van der Waals surface area contributed by atoms with Crippen LogP contribution in [0.15, 0.2) is 36.9 Å². The minimum Gasteiger partial charge on any atom is -0.507 e. The molecule has 5 rings (SSSR count). The lowest BCUT2D eigenvalue weighted by atomic mass is 10.0. The minimum absolute atomic E-state index is 0.00362. The predicted octanol–water partition coefficient (Wildman–Crippen LogP) is 3.31. The number of rotatable bonds is 6. The van der Waals surface area contributed by atoms with Gasteiger partial charge in [-0.1, -0.05) is 24.2 Å². The fourth-order valence-corrected chi connectivity index (χ4v) is 5.12. The molecular weight excluding hydrogens is 502 g/mol. The summed E-state index contributed by atoms with van der Waals surface area (Å²) >= 11 is 6.52. The number of benzene rings is 2. The van der Waals surface area contributed by atoms with E-state index in [2.05, 4.69) is 16.5 Å². The number of aromatic hydroxyl groups is 1. The molecule has 196 valence electrons. The molecule has 2 aliphatic heterocycles. The molecule has 11 heteroatoms. The van der Waals surface area contributed by atoms with Gasteiger partial charge in [-0.15, -0.1) is 0 Å². The highest BCUT2D eigenvalue weighted by atomic mass is 35.5. The van der Waals surface area contributed by atoms with Gasteiger partial charge in [-0.25, -0.2) is 13.8 Å². The molecule has 0 bridgehead atoms. The molecule has 37 heavy (non-hydrogen) atoms. The Morgan fingerprint density at radius 3 is 2.43 bits per heavy atom. The Bertz CT molecular complexity index is 1320. The molecular formula is C26H29ClF2N6O2. The predicted molar refractivity (Wildman–Crippen MR) is 141 cm³/mol. The monoisotopic (exact) mass is 530 g/mol. The molecule has 2 saturated heterocycles. The van der Waals surface area contributed by atoms with E-state index in [1.807, 2.05) is 28.8 Å². The highest BCUT2D eigenvalue weighted by molar-refractivity contribution is 6.34. The van der Waals surface area contributed by atoms with Crippen LogP contribution in [-0.4, -0.2) is 95.6 Å². The lowest BCUT2D eigenvalue weighted by molar-refractivity contribution is 0.0380. The van der Waals surface area contributed by atoms with Crippen LogP contribution in [0.1, 0.15) is 0 Å². The van der Waals surface area contributed by atoms with E-state index in [9.17, 15) is 14.6 Å². The molecule has 3 heterocycles. The van der Waals surface area contributed by atoms with Crippen molar-refractivity contribution in [1.82, 2.24) is 19.8 Å². The van der Waals surface area contributed by atoms with E-state index in [0.29, 0.717) is 62.5 Å². The number of halogens is 3. The number of aromatic nitrogens is 2. The molecule has 0 radical (unpaired) electrons. The Kier molecular flexibility index (Phi) is 6.93. The smallest absolute Gasteiger partial charge is 0.228 e. The first kappa shape index (κ1) is 25.6. The number of phenols is 1.